The lowest BCUT2D eigenvalue weighted by Crippen LogP contribution is -2.17. The molecule has 4 nitrogen and oxygen atoms in total. The third-order valence-corrected chi connectivity index (χ3v) is 2.17. The van der Waals surface area contributed by atoms with Crippen LogP contribution < -0.4 is 0 Å². The summed E-state index contributed by atoms with van der Waals surface area (Å²) in [7, 11) is 0. The maximum absolute atomic E-state index is 13.5. The van der Waals surface area contributed by atoms with E-state index in [-0.39, 0.29) is 5.57 Å². The van der Waals surface area contributed by atoms with E-state index in [9.17, 15) is 8.78 Å². The third-order valence-electron chi connectivity index (χ3n) is 1.82. The van der Waals surface area contributed by atoms with Crippen LogP contribution in [0.1, 0.15) is 6.92 Å². The van der Waals surface area contributed by atoms with E-state index in [0.29, 0.717) is 0 Å². The number of halogens is 3. The summed E-state index contributed by atoms with van der Waals surface area (Å²) < 4.78 is 27.0. The SMILES string of the molecule is CC1=C(F)C(=N\C#N)/C(Cl)=C(F)C/1=N\C#N. The van der Waals surface area contributed by atoms with Gasteiger partial charge in [0, 0.05) is 5.57 Å². The number of rotatable bonds is 0. The minimum Gasteiger partial charge on any atom is -0.204 e. The molecule has 0 aromatic rings. The lowest BCUT2D eigenvalue weighted by atomic mass is 10.0. The zero-order chi connectivity index (χ0) is 12.3. The molecule has 0 saturated heterocycles. The number of nitrogens with zero attached hydrogens (tertiary/aromatic N) is 4. The first-order valence-corrected chi connectivity index (χ1v) is 4.29. The van der Waals surface area contributed by atoms with Gasteiger partial charge in [-0.15, -0.1) is 0 Å². The van der Waals surface area contributed by atoms with Gasteiger partial charge in [0.15, 0.2) is 11.7 Å². The molecule has 0 atom stereocenters. The topological polar surface area (TPSA) is 72.3 Å². The summed E-state index contributed by atoms with van der Waals surface area (Å²) in [5.41, 5.74) is -1.30. The lowest BCUT2D eigenvalue weighted by Gasteiger charge is -2.13. The fourth-order valence-electron chi connectivity index (χ4n) is 1.08. The van der Waals surface area contributed by atoms with E-state index in [1.807, 2.05) is 0 Å². The Morgan fingerprint density at radius 1 is 1.06 bits per heavy atom. The van der Waals surface area contributed by atoms with E-state index in [0.717, 1.165) is 0 Å². The molecule has 0 spiro atoms. The number of hydrogen-bond donors (Lipinski definition) is 0. The summed E-state index contributed by atoms with van der Waals surface area (Å²) in [6.07, 6.45) is 2.65. The highest BCUT2D eigenvalue weighted by Gasteiger charge is 2.29. The van der Waals surface area contributed by atoms with E-state index < -0.39 is 28.1 Å². The van der Waals surface area contributed by atoms with Crippen molar-refractivity contribution in [3.8, 4) is 12.4 Å². The molecule has 80 valence electrons. The molecule has 7 heteroatoms. The van der Waals surface area contributed by atoms with Crippen LogP contribution in [-0.2, 0) is 0 Å². The molecule has 16 heavy (non-hydrogen) atoms. The van der Waals surface area contributed by atoms with Gasteiger partial charge in [-0.3, -0.25) is 0 Å². The zero-order valence-electron chi connectivity index (χ0n) is 7.92. The Balaban J connectivity index is 3.52. The predicted molar refractivity (Wildman–Crippen MR) is 53.9 cm³/mol. The Hall–Kier alpha value is -2.05. The Bertz CT molecular complexity index is 465. The summed E-state index contributed by atoms with van der Waals surface area (Å²) in [4.78, 5) is 6.17. The van der Waals surface area contributed by atoms with Crippen LogP contribution in [0.2, 0.25) is 0 Å². The Labute approximate surface area is 94.5 Å². The summed E-state index contributed by atoms with van der Waals surface area (Å²) in [5.74, 6) is -2.04. The van der Waals surface area contributed by atoms with Gasteiger partial charge in [0.1, 0.15) is 16.5 Å². The monoisotopic (exact) mass is 240 g/mol. The van der Waals surface area contributed by atoms with Crippen LogP contribution in [0.25, 0.3) is 0 Å². The van der Waals surface area contributed by atoms with Crippen LogP contribution in [0.15, 0.2) is 32.2 Å². The summed E-state index contributed by atoms with van der Waals surface area (Å²) in [5, 5.41) is 15.9. The average molecular weight is 241 g/mol. The normalized spacial score (nSPS) is 21.4. The number of hydrogen-bond acceptors (Lipinski definition) is 4. The van der Waals surface area contributed by atoms with Gasteiger partial charge in [0.05, 0.1) is 0 Å². The summed E-state index contributed by atoms with van der Waals surface area (Å²) in [6, 6.07) is 0. The number of nitriles is 2. The molecule has 0 aromatic carbocycles. The van der Waals surface area contributed by atoms with Gasteiger partial charge in [0.25, 0.3) is 0 Å². The van der Waals surface area contributed by atoms with Crippen LogP contribution in [0.4, 0.5) is 8.78 Å². The molecule has 0 aliphatic heterocycles. The Kier molecular flexibility index (Phi) is 3.49. The molecule has 1 rings (SSSR count). The first kappa shape index (κ1) is 12.0. The van der Waals surface area contributed by atoms with Gasteiger partial charge in [0.2, 0.25) is 12.4 Å². The fourth-order valence-corrected chi connectivity index (χ4v) is 1.30. The second-order valence-corrected chi connectivity index (χ2v) is 3.07. The molecule has 0 amide bonds. The highest BCUT2D eigenvalue weighted by molar-refractivity contribution is 6.50. The van der Waals surface area contributed by atoms with Crippen molar-refractivity contribution in [1.82, 2.24) is 0 Å². The lowest BCUT2D eigenvalue weighted by molar-refractivity contribution is 0.653. The van der Waals surface area contributed by atoms with Gasteiger partial charge in [-0.05, 0) is 6.92 Å². The molecular formula is C9H3ClF2N4. The maximum Gasteiger partial charge on any atom is 0.206 e. The molecule has 0 heterocycles. The second kappa shape index (κ2) is 4.65. The van der Waals surface area contributed by atoms with Crippen molar-refractivity contribution in [2.24, 2.45) is 9.98 Å². The first-order valence-electron chi connectivity index (χ1n) is 3.91. The minimum absolute atomic E-state index is 0.225. The van der Waals surface area contributed by atoms with Crippen LogP contribution >= 0.6 is 11.6 Å². The van der Waals surface area contributed by atoms with Gasteiger partial charge in [-0.1, -0.05) is 11.6 Å². The van der Waals surface area contributed by atoms with Crippen molar-refractivity contribution in [2.75, 3.05) is 0 Å². The molecule has 0 unspecified atom stereocenters. The van der Waals surface area contributed by atoms with Gasteiger partial charge in [-0.2, -0.15) is 20.5 Å². The van der Waals surface area contributed by atoms with Crippen molar-refractivity contribution in [3.63, 3.8) is 0 Å². The zero-order valence-corrected chi connectivity index (χ0v) is 8.68. The summed E-state index contributed by atoms with van der Waals surface area (Å²) >= 11 is 5.46. The van der Waals surface area contributed by atoms with Crippen molar-refractivity contribution in [2.45, 2.75) is 6.92 Å². The van der Waals surface area contributed by atoms with Gasteiger partial charge >= 0.3 is 0 Å². The molecule has 0 aromatic heterocycles. The smallest absolute Gasteiger partial charge is 0.204 e. The van der Waals surface area contributed by atoms with Crippen LogP contribution in [0.3, 0.4) is 0 Å². The second-order valence-electron chi connectivity index (χ2n) is 2.69. The molecular weight excluding hydrogens is 238 g/mol. The van der Waals surface area contributed by atoms with Crippen LogP contribution in [-0.4, -0.2) is 11.4 Å². The van der Waals surface area contributed by atoms with Crippen molar-refractivity contribution in [3.05, 3.63) is 22.3 Å². The molecule has 1 aliphatic carbocycles. The molecule has 0 fully saturated rings. The molecule has 0 bridgehead atoms. The van der Waals surface area contributed by atoms with Gasteiger partial charge in [-0.25, -0.2) is 8.78 Å². The highest BCUT2D eigenvalue weighted by atomic mass is 35.5. The van der Waals surface area contributed by atoms with E-state index in [1.54, 1.807) is 0 Å². The highest BCUT2D eigenvalue weighted by Crippen LogP contribution is 2.30. The molecule has 0 N–H and O–H groups in total. The standard InChI is InChI=1S/C9H3ClF2N4/c1-4-6(11)9(16-3-14)5(10)7(12)8(4)15-2-13/h1H3/b15-8-,16-9-. The maximum atomic E-state index is 13.5. The predicted octanol–water partition coefficient (Wildman–Crippen LogP) is 2.51. The average Bonchev–Trinajstić information content (AvgIpc) is 2.28. The van der Waals surface area contributed by atoms with E-state index in [1.165, 1.54) is 19.3 Å². The number of aliphatic imine (C=N–C) groups is 2. The Morgan fingerprint density at radius 3 is 2.06 bits per heavy atom. The Morgan fingerprint density at radius 2 is 1.56 bits per heavy atom. The third kappa shape index (κ3) is 1.83. The largest absolute Gasteiger partial charge is 0.206 e. The van der Waals surface area contributed by atoms with E-state index in [4.69, 9.17) is 22.1 Å². The minimum atomic E-state index is -1.07. The van der Waals surface area contributed by atoms with E-state index >= 15 is 0 Å². The van der Waals surface area contributed by atoms with E-state index in [2.05, 4.69) is 9.98 Å². The summed E-state index contributed by atoms with van der Waals surface area (Å²) in [6.45, 7) is 1.21. The molecule has 0 saturated carbocycles. The molecule has 1 aliphatic rings. The van der Waals surface area contributed by atoms with Crippen molar-refractivity contribution < 1.29 is 8.78 Å². The molecule has 0 radical (unpaired) electrons. The van der Waals surface area contributed by atoms with Crippen molar-refractivity contribution >= 4 is 23.0 Å². The fraction of sp³-hybridized carbons (Fsp3) is 0.111. The van der Waals surface area contributed by atoms with Crippen molar-refractivity contribution in [1.29, 1.82) is 10.5 Å². The van der Waals surface area contributed by atoms with Crippen LogP contribution in [0, 0.1) is 22.9 Å². The van der Waals surface area contributed by atoms with Crippen LogP contribution in [0.5, 0.6) is 0 Å². The number of allylic oxidation sites excluding steroid dienone is 4. The van der Waals surface area contributed by atoms with Gasteiger partial charge < -0.3 is 0 Å². The first-order chi connectivity index (χ1) is 7.54. The quantitative estimate of drug-likeness (QED) is 0.482.